The second kappa shape index (κ2) is 3.94. The Hall–Kier alpha value is 0.490. The normalized spacial score (nSPS) is 40.8. The van der Waals surface area contributed by atoms with Crippen LogP contribution in [0, 0.1) is 6.92 Å². The van der Waals surface area contributed by atoms with Gasteiger partial charge in [-0.25, -0.2) is 0 Å². The van der Waals surface area contributed by atoms with Crippen molar-refractivity contribution in [3.63, 3.8) is 0 Å². The second-order valence-corrected chi connectivity index (χ2v) is 5.85. The van der Waals surface area contributed by atoms with Crippen molar-refractivity contribution in [1.29, 1.82) is 0 Å². The van der Waals surface area contributed by atoms with Crippen LogP contribution in [0.3, 0.4) is 0 Å². The summed E-state index contributed by atoms with van der Waals surface area (Å²) in [5.41, 5.74) is 0. The monoisotopic (exact) mass is 192 g/mol. The van der Waals surface area contributed by atoms with Gasteiger partial charge in [-0.15, -0.1) is 9.45 Å². The van der Waals surface area contributed by atoms with Gasteiger partial charge < -0.3 is 9.84 Å². The van der Waals surface area contributed by atoms with Gasteiger partial charge >= 0.3 is 0 Å². The summed E-state index contributed by atoms with van der Waals surface area (Å²) in [5, 5.41) is 9.15. The average Bonchev–Trinajstić information content (AvgIpc) is 2.30. The van der Waals surface area contributed by atoms with E-state index in [2.05, 4.69) is 0 Å². The molecule has 0 bridgehead atoms. The van der Waals surface area contributed by atoms with Crippen LogP contribution in [0.2, 0.25) is 0 Å². The van der Waals surface area contributed by atoms with Gasteiger partial charge in [-0.05, 0) is 19.6 Å². The fourth-order valence-corrected chi connectivity index (χ4v) is 2.90. The molecule has 0 aromatic heterocycles. The molecule has 1 aliphatic rings. The summed E-state index contributed by atoms with van der Waals surface area (Å²) in [7, 11) is -0.123. The molecule has 1 saturated heterocycles. The predicted molar refractivity (Wildman–Crippen MR) is 49.1 cm³/mol. The minimum absolute atomic E-state index is 0.0341. The van der Waals surface area contributed by atoms with Crippen molar-refractivity contribution in [2.45, 2.75) is 23.9 Å². The Balaban J connectivity index is 2.57. The summed E-state index contributed by atoms with van der Waals surface area (Å²) in [5.74, 6) is 0. The molecule has 2 radical (unpaired) electrons. The minimum atomic E-state index is -0.227. The molecule has 11 heavy (non-hydrogen) atoms. The Kier molecular flexibility index (Phi) is 3.43. The third kappa shape index (κ3) is 2.21. The van der Waals surface area contributed by atoms with Crippen LogP contribution >= 0.6 is 0 Å². The van der Waals surface area contributed by atoms with Gasteiger partial charge in [0.05, 0.1) is 18.8 Å². The average molecular weight is 192 g/mol. The molecule has 2 nitrogen and oxygen atoms in total. The quantitative estimate of drug-likeness (QED) is 0.664. The number of ether oxygens (including phenoxy) is 1. The fraction of sp³-hybridized carbons (Fsp3) is 0.857. The third-order valence-corrected chi connectivity index (χ3v) is 3.93. The highest BCUT2D eigenvalue weighted by Gasteiger charge is 2.33. The van der Waals surface area contributed by atoms with Crippen LogP contribution in [-0.4, -0.2) is 35.4 Å². The van der Waals surface area contributed by atoms with Crippen molar-refractivity contribution < 1.29 is 9.84 Å². The van der Waals surface area contributed by atoms with Gasteiger partial charge in [0.15, 0.2) is 0 Å². The van der Waals surface area contributed by atoms with Crippen molar-refractivity contribution >= 4 is 20.6 Å². The Bertz CT molecular complexity index is 161. The lowest BCUT2D eigenvalue weighted by molar-refractivity contribution is 0.0314. The van der Waals surface area contributed by atoms with Crippen LogP contribution in [0.25, 0.3) is 0 Å². The van der Waals surface area contributed by atoms with Crippen molar-refractivity contribution in [2.75, 3.05) is 12.9 Å². The smallest absolute Gasteiger partial charge is 0.0931 e. The van der Waals surface area contributed by atoms with E-state index in [4.69, 9.17) is 28.0 Å². The zero-order valence-corrected chi connectivity index (χ0v) is 8.03. The molecular formula is C7H12O2S2. The lowest BCUT2D eigenvalue weighted by Gasteiger charge is -2.14. The molecular weight excluding hydrogens is 180 g/mol. The predicted octanol–water partition coefficient (Wildman–Crippen LogP) is -0.0741. The van der Waals surface area contributed by atoms with Crippen molar-refractivity contribution in [3.05, 3.63) is 6.92 Å². The van der Waals surface area contributed by atoms with Gasteiger partial charge in [0.1, 0.15) is 0 Å². The van der Waals surface area contributed by atoms with E-state index in [1.807, 2.05) is 6.26 Å². The molecule has 1 aliphatic heterocycles. The lowest BCUT2D eigenvalue weighted by Crippen LogP contribution is -2.28. The van der Waals surface area contributed by atoms with Gasteiger partial charge in [-0.1, -0.05) is 11.2 Å². The molecule has 1 unspecified atom stereocenters. The first kappa shape index (κ1) is 9.58. The number of aliphatic hydroxyl groups excluding tert-OH is 1. The molecule has 4 atom stereocenters. The number of hydrogen-bond acceptors (Lipinski definition) is 3. The summed E-state index contributed by atoms with van der Waals surface area (Å²) in [4.78, 5) is 0. The molecule has 64 valence electrons. The van der Waals surface area contributed by atoms with Gasteiger partial charge in [0.25, 0.3) is 0 Å². The summed E-state index contributed by atoms with van der Waals surface area (Å²) in [6.07, 6.45) is 2.41. The maximum absolute atomic E-state index is 8.88. The van der Waals surface area contributed by atoms with Gasteiger partial charge in [-0.3, -0.25) is 0 Å². The van der Waals surface area contributed by atoms with Gasteiger partial charge in [0, 0.05) is 5.25 Å². The highest BCUT2D eigenvalue weighted by atomic mass is 32.8. The summed E-state index contributed by atoms with van der Waals surface area (Å²) in [6.45, 7) is 5.59. The minimum Gasteiger partial charge on any atom is -0.394 e. The molecule has 1 fully saturated rings. The van der Waals surface area contributed by atoms with E-state index < -0.39 is 0 Å². The number of rotatable bonds is 2. The molecule has 0 spiro atoms. The van der Waals surface area contributed by atoms with E-state index in [0.29, 0.717) is 0 Å². The van der Waals surface area contributed by atoms with E-state index >= 15 is 0 Å². The topological polar surface area (TPSA) is 29.5 Å². The van der Waals surface area contributed by atoms with Crippen LogP contribution in [0.1, 0.15) is 6.42 Å². The first-order valence-electron chi connectivity index (χ1n) is 3.49. The second-order valence-electron chi connectivity index (χ2n) is 2.67. The van der Waals surface area contributed by atoms with E-state index in [0.717, 1.165) is 6.42 Å². The largest absolute Gasteiger partial charge is 0.394 e. The Labute approximate surface area is 74.5 Å². The van der Waals surface area contributed by atoms with Crippen LogP contribution in [0.15, 0.2) is 0 Å². The van der Waals surface area contributed by atoms with Gasteiger partial charge in [-0.2, -0.15) is 0 Å². The first-order valence-corrected chi connectivity index (χ1v) is 6.11. The van der Waals surface area contributed by atoms with Crippen LogP contribution < -0.4 is 0 Å². The summed E-state index contributed by atoms with van der Waals surface area (Å²) in [6, 6.07) is 0. The molecule has 1 heterocycles. The van der Waals surface area contributed by atoms with E-state index in [9.17, 15) is 0 Å². The third-order valence-electron chi connectivity index (χ3n) is 1.84. The van der Waals surface area contributed by atoms with E-state index in [-0.39, 0.29) is 33.5 Å². The molecule has 0 aliphatic carbocycles. The standard InChI is InChI=1S/C7H12O2S2/c1-5-3-7(11(2)10)6(4-8)9-5/h1,5-8H,3-4H2,2H3/t5-,6+,7-,11?/m0/s1. The SMILES string of the molecule is [CH][C@H]1C[C@H](S(C)=S)[C@@H](CO)O1. The van der Waals surface area contributed by atoms with Crippen LogP contribution in [-0.2, 0) is 25.4 Å². The highest BCUT2D eigenvalue weighted by Crippen LogP contribution is 2.23. The zero-order valence-electron chi connectivity index (χ0n) is 6.40. The fourth-order valence-electron chi connectivity index (χ4n) is 1.26. The molecule has 0 aromatic carbocycles. The Morgan fingerprint density at radius 3 is 2.82 bits per heavy atom. The van der Waals surface area contributed by atoms with E-state index in [1.165, 1.54) is 0 Å². The van der Waals surface area contributed by atoms with Crippen LogP contribution in [0.4, 0.5) is 0 Å². The molecule has 0 aromatic rings. The first-order chi connectivity index (χ1) is 5.15. The van der Waals surface area contributed by atoms with Crippen LogP contribution in [0.5, 0.6) is 0 Å². The van der Waals surface area contributed by atoms with Crippen molar-refractivity contribution in [2.24, 2.45) is 0 Å². The Morgan fingerprint density at radius 1 is 1.82 bits per heavy atom. The lowest BCUT2D eigenvalue weighted by atomic mass is 10.2. The molecule has 1 N–H and O–H groups in total. The summed E-state index contributed by atoms with van der Waals surface area (Å²) < 4.78 is 5.25. The highest BCUT2D eigenvalue weighted by molar-refractivity contribution is 8.28. The number of aliphatic hydroxyl groups is 1. The zero-order chi connectivity index (χ0) is 8.43. The van der Waals surface area contributed by atoms with Gasteiger partial charge in [0.2, 0.25) is 0 Å². The van der Waals surface area contributed by atoms with E-state index in [1.54, 1.807) is 0 Å². The molecule has 4 heteroatoms. The summed E-state index contributed by atoms with van der Waals surface area (Å²) >= 11 is 5.12. The Morgan fingerprint density at radius 2 is 2.45 bits per heavy atom. The maximum Gasteiger partial charge on any atom is 0.0931 e. The molecule has 0 amide bonds. The van der Waals surface area contributed by atoms with Crippen molar-refractivity contribution in [3.8, 4) is 0 Å². The van der Waals surface area contributed by atoms with Crippen molar-refractivity contribution in [1.82, 2.24) is 0 Å². The molecule has 0 saturated carbocycles. The number of hydrogen-bond donors (Lipinski definition) is 1. The molecule has 1 rings (SSSR count). The maximum atomic E-state index is 8.88.